The third-order valence-corrected chi connectivity index (χ3v) is 3.86. The highest BCUT2D eigenvalue weighted by molar-refractivity contribution is 5.94. The Labute approximate surface area is 136 Å². The zero-order valence-corrected chi connectivity index (χ0v) is 12.8. The molecule has 4 rings (SSSR count). The summed E-state index contributed by atoms with van der Waals surface area (Å²) in [6.45, 7) is 1.88. The fraction of sp³-hybridized carbons (Fsp3) is 0.0476. The molecule has 0 atom stereocenters. The number of aryl methyl sites for hydroxylation is 1. The number of aromatic nitrogens is 2. The maximum Gasteiger partial charge on any atom is 0.126 e. The molecule has 2 nitrogen and oxygen atoms in total. The first-order valence-corrected chi connectivity index (χ1v) is 7.63. The lowest BCUT2D eigenvalue weighted by molar-refractivity contribution is 1.10. The summed E-state index contributed by atoms with van der Waals surface area (Å²) in [5.41, 5.74) is 4.54. The highest BCUT2D eigenvalue weighted by Crippen LogP contribution is 2.29. The minimum Gasteiger partial charge on any atom is -0.233 e. The largest absolute Gasteiger partial charge is 0.233 e. The first-order valence-electron chi connectivity index (χ1n) is 8.13. The van der Waals surface area contributed by atoms with Crippen LogP contribution in [0.15, 0.2) is 78.8 Å². The van der Waals surface area contributed by atoms with E-state index >= 15 is 0 Å². The number of rotatable bonds is 2. The molecule has 0 aliphatic rings. The van der Waals surface area contributed by atoms with Crippen LogP contribution in [0.4, 0.5) is 0 Å². The molecule has 23 heavy (non-hydrogen) atoms. The molecule has 1 aromatic heterocycles. The zero-order chi connectivity index (χ0) is 16.5. The third kappa shape index (κ3) is 2.59. The van der Waals surface area contributed by atoms with Crippen molar-refractivity contribution >= 4 is 10.9 Å². The first-order chi connectivity index (χ1) is 11.7. The third-order valence-electron chi connectivity index (χ3n) is 3.86. The molecule has 0 fully saturated rings. The maximum atomic E-state index is 8.64. The normalized spacial score (nSPS) is 11.4. The Morgan fingerprint density at radius 2 is 1.35 bits per heavy atom. The molecule has 0 saturated carbocycles. The van der Waals surface area contributed by atoms with Gasteiger partial charge in [-0.1, -0.05) is 66.7 Å². The van der Waals surface area contributed by atoms with Crippen LogP contribution in [0.1, 0.15) is 7.20 Å². The molecular formula is C21H16N2. The fourth-order valence-corrected chi connectivity index (χ4v) is 2.77. The number of hydrogen-bond donors (Lipinski definition) is 0. The van der Waals surface area contributed by atoms with Crippen LogP contribution < -0.4 is 0 Å². The summed E-state index contributed by atoms with van der Waals surface area (Å²) in [5.74, 6) is 0.681. The summed E-state index contributed by atoms with van der Waals surface area (Å²) in [6.07, 6.45) is 0. The average molecular weight is 297 g/mol. The van der Waals surface area contributed by atoms with Crippen LogP contribution in [0.3, 0.4) is 0 Å². The van der Waals surface area contributed by atoms with Gasteiger partial charge in [-0.25, -0.2) is 9.97 Å². The lowest BCUT2D eigenvalue weighted by Gasteiger charge is -2.09. The number of fused-ring (bicyclic) bond motifs is 1. The van der Waals surface area contributed by atoms with Crippen molar-refractivity contribution < 1.29 is 1.37 Å². The van der Waals surface area contributed by atoms with Gasteiger partial charge in [0.15, 0.2) is 0 Å². The topological polar surface area (TPSA) is 25.8 Å². The lowest BCUT2D eigenvalue weighted by Crippen LogP contribution is -1.94. The molecule has 0 amide bonds. The molecule has 0 spiro atoms. The van der Waals surface area contributed by atoms with Gasteiger partial charge in [0, 0.05) is 10.9 Å². The summed E-state index contributed by atoms with van der Waals surface area (Å²) in [4.78, 5) is 9.17. The van der Waals surface area contributed by atoms with E-state index in [1.54, 1.807) is 0 Å². The van der Waals surface area contributed by atoms with E-state index in [1.807, 2.05) is 79.7 Å². The van der Waals surface area contributed by atoms with Gasteiger partial charge in [0.2, 0.25) is 0 Å². The van der Waals surface area contributed by atoms with Crippen molar-refractivity contribution in [3.8, 4) is 22.4 Å². The van der Waals surface area contributed by atoms with Crippen molar-refractivity contribution in [1.29, 1.82) is 0 Å². The van der Waals surface area contributed by atoms with Crippen molar-refractivity contribution in [2.45, 2.75) is 6.92 Å². The van der Waals surface area contributed by atoms with Crippen LogP contribution in [0.25, 0.3) is 33.3 Å². The van der Waals surface area contributed by atoms with Crippen LogP contribution in [0.5, 0.6) is 0 Å². The number of benzene rings is 3. The second-order valence-corrected chi connectivity index (χ2v) is 5.49. The molecule has 0 bridgehead atoms. The van der Waals surface area contributed by atoms with E-state index in [-0.39, 0.29) is 0 Å². The summed E-state index contributed by atoms with van der Waals surface area (Å²) in [6, 6.07) is 24.5. The second-order valence-electron chi connectivity index (χ2n) is 5.49. The standard InChI is InChI=1S/C21H16N2/c1-15-22-20-14-18(16-8-4-2-5-9-16)12-13-19(20)21(23-15)17-10-6-3-7-11-17/h2-14H,1H3/i14D. The van der Waals surface area contributed by atoms with Gasteiger partial charge in [-0.2, -0.15) is 0 Å². The van der Waals surface area contributed by atoms with E-state index in [0.29, 0.717) is 17.4 Å². The predicted molar refractivity (Wildman–Crippen MR) is 95.1 cm³/mol. The van der Waals surface area contributed by atoms with Crippen LogP contribution in [0, 0.1) is 6.92 Å². The van der Waals surface area contributed by atoms with Crippen LogP contribution in [-0.4, -0.2) is 9.97 Å². The summed E-state index contributed by atoms with van der Waals surface area (Å²) < 4.78 is 8.64. The highest BCUT2D eigenvalue weighted by atomic mass is 14.9. The molecule has 4 aromatic rings. The van der Waals surface area contributed by atoms with Crippen LogP contribution in [0.2, 0.25) is 0 Å². The Bertz CT molecular complexity index is 1010. The Balaban J connectivity index is 2.01. The fourth-order valence-electron chi connectivity index (χ4n) is 2.77. The summed E-state index contributed by atoms with van der Waals surface area (Å²) in [7, 11) is 0. The van der Waals surface area contributed by atoms with Gasteiger partial charge in [-0.05, 0) is 30.2 Å². The number of hydrogen-bond acceptors (Lipinski definition) is 2. The minimum absolute atomic E-state index is 0.446. The van der Waals surface area contributed by atoms with Gasteiger partial charge in [0.25, 0.3) is 0 Å². The molecule has 0 radical (unpaired) electrons. The van der Waals surface area contributed by atoms with Gasteiger partial charge < -0.3 is 0 Å². The highest BCUT2D eigenvalue weighted by Gasteiger charge is 2.09. The molecule has 0 N–H and O–H groups in total. The van der Waals surface area contributed by atoms with Crippen molar-refractivity contribution in [2.75, 3.05) is 0 Å². The molecule has 3 aromatic carbocycles. The van der Waals surface area contributed by atoms with E-state index in [4.69, 9.17) is 1.37 Å². The molecule has 0 saturated heterocycles. The first kappa shape index (κ1) is 12.5. The summed E-state index contributed by atoms with van der Waals surface area (Å²) in [5, 5.41) is 0.913. The molecule has 0 aliphatic carbocycles. The van der Waals surface area contributed by atoms with Crippen molar-refractivity contribution in [3.05, 3.63) is 84.7 Å². The maximum absolute atomic E-state index is 8.64. The zero-order valence-electron chi connectivity index (χ0n) is 13.8. The molecule has 110 valence electrons. The predicted octanol–water partition coefficient (Wildman–Crippen LogP) is 5.27. The van der Waals surface area contributed by atoms with Gasteiger partial charge in [0.05, 0.1) is 12.6 Å². The molecule has 0 unspecified atom stereocenters. The van der Waals surface area contributed by atoms with Crippen molar-refractivity contribution in [2.24, 2.45) is 0 Å². The SMILES string of the molecule is [2H]c1c(-c2ccccc2)ccc2c(-c3ccccc3)nc(C)nc12. The van der Waals surface area contributed by atoms with Crippen LogP contribution >= 0.6 is 0 Å². The Kier molecular flexibility index (Phi) is 3.08. The Hall–Kier alpha value is -3.00. The second kappa shape index (κ2) is 5.65. The van der Waals surface area contributed by atoms with E-state index in [0.717, 1.165) is 27.8 Å². The van der Waals surface area contributed by atoms with E-state index in [1.165, 1.54) is 0 Å². The number of nitrogens with zero attached hydrogens (tertiary/aromatic N) is 2. The Morgan fingerprint density at radius 3 is 2.04 bits per heavy atom. The van der Waals surface area contributed by atoms with Gasteiger partial charge in [0.1, 0.15) is 5.82 Å². The molecule has 0 aliphatic heterocycles. The van der Waals surface area contributed by atoms with Gasteiger partial charge in [-0.3, -0.25) is 0 Å². The summed E-state index contributed by atoms with van der Waals surface area (Å²) >= 11 is 0. The van der Waals surface area contributed by atoms with E-state index < -0.39 is 0 Å². The lowest BCUT2D eigenvalue weighted by atomic mass is 10.0. The molecular weight excluding hydrogens is 280 g/mol. The van der Waals surface area contributed by atoms with Gasteiger partial charge in [-0.15, -0.1) is 0 Å². The van der Waals surface area contributed by atoms with Crippen molar-refractivity contribution in [3.63, 3.8) is 0 Å². The quantitative estimate of drug-likeness (QED) is 0.503. The molecule has 1 heterocycles. The smallest absolute Gasteiger partial charge is 0.126 e. The van der Waals surface area contributed by atoms with Crippen molar-refractivity contribution in [1.82, 2.24) is 9.97 Å². The average Bonchev–Trinajstić information content (AvgIpc) is 2.63. The minimum atomic E-state index is 0.446. The monoisotopic (exact) mass is 297 g/mol. The Morgan fingerprint density at radius 1 is 0.696 bits per heavy atom. The van der Waals surface area contributed by atoms with Gasteiger partial charge >= 0.3 is 0 Å². The van der Waals surface area contributed by atoms with E-state index in [9.17, 15) is 0 Å². The van der Waals surface area contributed by atoms with E-state index in [2.05, 4.69) is 9.97 Å². The molecule has 2 heteroatoms. The van der Waals surface area contributed by atoms with Crippen LogP contribution in [-0.2, 0) is 0 Å².